The standard InChI is InChI=1S/C14H22ClN5/c1-5-11-14(15)13(20(6-2)18-11)8-10(16)12-7-9(3)17-19(12)4/h7,10H,5-6,8,16H2,1-4H3. The van der Waals surface area contributed by atoms with Gasteiger partial charge in [0.25, 0.3) is 0 Å². The minimum atomic E-state index is -0.134. The number of hydrogen-bond acceptors (Lipinski definition) is 3. The monoisotopic (exact) mass is 295 g/mol. The molecule has 2 aromatic rings. The van der Waals surface area contributed by atoms with Crippen LogP contribution in [0.4, 0.5) is 0 Å². The maximum absolute atomic E-state index is 6.42. The van der Waals surface area contributed by atoms with E-state index in [1.165, 1.54) is 0 Å². The molecule has 2 N–H and O–H groups in total. The topological polar surface area (TPSA) is 61.7 Å². The predicted octanol–water partition coefficient (Wildman–Crippen LogP) is 2.40. The number of hydrogen-bond donors (Lipinski definition) is 1. The van der Waals surface area contributed by atoms with Crippen molar-refractivity contribution >= 4 is 11.6 Å². The number of halogens is 1. The van der Waals surface area contributed by atoms with Crippen LogP contribution in [0, 0.1) is 6.92 Å². The fraction of sp³-hybridized carbons (Fsp3) is 0.571. The summed E-state index contributed by atoms with van der Waals surface area (Å²) in [5.41, 5.74) is 10.3. The van der Waals surface area contributed by atoms with Crippen molar-refractivity contribution in [3.05, 3.63) is 33.9 Å². The first-order valence-corrected chi connectivity index (χ1v) is 7.35. The average Bonchev–Trinajstić information content (AvgIpc) is 2.90. The number of nitrogens with zero attached hydrogens (tertiary/aromatic N) is 4. The van der Waals surface area contributed by atoms with Gasteiger partial charge in [-0.2, -0.15) is 10.2 Å². The molecule has 1 atom stereocenters. The second-order valence-electron chi connectivity index (χ2n) is 5.02. The number of nitrogens with two attached hydrogens (primary N) is 1. The van der Waals surface area contributed by atoms with Crippen molar-refractivity contribution in [2.45, 2.75) is 46.2 Å². The summed E-state index contributed by atoms with van der Waals surface area (Å²) in [6, 6.07) is 1.89. The van der Waals surface area contributed by atoms with Crippen molar-refractivity contribution in [3.63, 3.8) is 0 Å². The third kappa shape index (κ3) is 2.74. The van der Waals surface area contributed by atoms with Gasteiger partial charge < -0.3 is 5.73 Å². The number of rotatable bonds is 5. The summed E-state index contributed by atoms with van der Waals surface area (Å²) in [4.78, 5) is 0. The van der Waals surface area contributed by atoms with Crippen molar-refractivity contribution < 1.29 is 0 Å². The van der Waals surface area contributed by atoms with E-state index in [0.29, 0.717) is 6.42 Å². The van der Waals surface area contributed by atoms with E-state index in [1.54, 1.807) is 0 Å². The normalized spacial score (nSPS) is 12.9. The van der Waals surface area contributed by atoms with Crippen molar-refractivity contribution in [1.82, 2.24) is 19.6 Å². The van der Waals surface area contributed by atoms with Crippen molar-refractivity contribution in [2.75, 3.05) is 0 Å². The molecule has 0 radical (unpaired) electrons. The van der Waals surface area contributed by atoms with Crippen LogP contribution in [0.25, 0.3) is 0 Å². The zero-order valence-electron chi connectivity index (χ0n) is 12.5. The Kier molecular flexibility index (Phi) is 4.50. The van der Waals surface area contributed by atoms with Crippen LogP contribution in [0.2, 0.25) is 5.02 Å². The third-order valence-corrected chi connectivity index (χ3v) is 3.96. The van der Waals surface area contributed by atoms with Gasteiger partial charge in [-0.25, -0.2) is 0 Å². The summed E-state index contributed by atoms with van der Waals surface area (Å²) in [5.74, 6) is 0. The van der Waals surface area contributed by atoms with E-state index >= 15 is 0 Å². The zero-order valence-corrected chi connectivity index (χ0v) is 13.3. The Morgan fingerprint density at radius 3 is 2.55 bits per heavy atom. The summed E-state index contributed by atoms with van der Waals surface area (Å²) in [6.07, 6.45) is 1.50. The first-order chi connectivity index (χ1) is 9.47. The van der Waals surface area contributed by atoms with Crippen LogP contribution in [0.15, 0.2) is 6.07 Å². The minimum Gasteiger partial charge on any atom is -0.322 e. The molecule has 0 aromatic carbocycles. The largest absolute Gasteiger partial charge is 0.322 e. The Hall–Kier alpha value is -1.33. The van der Waals surface area contributed by atoms with Crippen LogP contribution in [-0.2, 0) is 26.4 Å². The highest BCUT2D eigenvalue weighted by Crippen LogP contribution is 2.26. The van der Waals surface area contributed by atoms with E-state index in [-0.39, 0.29) is 6.04 Å². The van der Waals surface area contributed by atoms with Gasteiger partial charge in [-0.1, -0.05) is 18.5 Å². The Labute approximate surface area is 124 Å². The molecule has 1 unspecified atom stereocenters. The second-order valence-corrected chi connectivity index (χ2v) is 5.40. The minimum absolute atomic E-state index is 0.134. The molecular weight excluding hydrogens is 274 g/mol. The summed E-state index contributed by atoms with van der Waals surface area (Å²) >= 11 is 6.42. The maximum atomic E-state index is 6.42. The maximum Gasteiger partial charge on any atom is 0.0850 e. The second kappa shape index (κ2) is 5.97. The molecule has 6 heteroatoms. The predicted molar refractivity (Wildman–Crippen MR) is 80.9 cm³/mol. The van der Waals surface area contributed by atoms with Gasteiger partial charge in [-0.05, 0) is 26.3 Å². The smallest absolute Gasteiger partial charge is 0.0850 e. The molecule has 2 heterocycles. The van der Waals surface area contributed by atoms with Gasteiger partial charge in [-0.3, -0.25) is 9.36 Å². The molecule has 0 amide bonds. The molecule has 110 valence electrons. The van der Waals surface area contributed by atoms with Gasteiger partial charge in [0, 0.05) is 20.0 Å². The lowest BCUT2D eigenvalue weighted by Crippen LogP contribution is -2.19. The van der Waals surface area contributed by atoms with Crippen molar-refractivity contribution in [2.24, 2.45) is 12.8 Å². The van der Waals surface area contributed by atoms with E-state index in [2.05, 4.69) is 24.0 Å². The Bertz CT molecular complexity index is 599. The molecule has 0 aliphatic heterocycles. The van der Waals surface area contributed by atoms with E-state index in [4.69, 9.17) is 17.3 Å². The number of aryl methyl sites for hydroxylation is 4. The highest BCUT2D eigenvalue weighted by molar-refractivity contribution is 6.31. The highest BCUT2D eigenvalue weighted by atomic mass is 35.5. The molecule has 0 aliphatic rings. The molecule has 5 nitrogen and oxygen atoms in total. The molecular formula is C14H22ClN5. The van der Waals surface area contributed by atoms with Gasteiger partial charge >= 0.3 is 0 Å². The van der Waals surface area contributed by atoms with Gasteiger partial charge in [0.05, 0.1) is 33.8 Å². The quantitative estimate of drug-likeness (QED) is 0.921. The summed E-state index contributed by atoms with van der Waals surface area (Å²) in [5, 5.41) is 9.62. The fourth-order valence-corrected chi connectivity index (χ4v) is 2.85. The van der Waals surface area contributed by atoms with Crippen LogP contribution in [0.1, 0.15) is 42.7 Å². The number of aromatic nitrogens is 4. The van der Waals surface area contributed by atoms with Gasteiger partial charge in [0.15, 0.2) is 0 Å². The van der Waals surface area contributed by atoms with Gasteiger partial charge in [-0.15, -0.1) is 0 Å². The fourth-order valence-electron chi connectivity index (χ4n) is 2.50. The average molecular weight is 296 g/mol. The zero-order chi connectivity index (χ0) is 14.9. The van der Waals surface area contributed by atoms with E-state index in [1.807, 2.05) is 29.4 Å². The highest BCUT2D eigenvalue weighted by Gasteiger charge is 2.19. The van der Waals surface area contributed by atoms with Crippen LogP contribution in [-0.4, -0.2) is 19.6 Å². The lowest BCUT2D eigenvalue weighted by Gasteiger charge is -2.13. The van der Waals surface area contributed by atoms with Crippen LogP contribution < -0.4 is 5.73 Å². The Morgan fingerprint density at radius 1 is 1.35 bits per heavy atom. The van der Waals surface area contributed by atoms with Crippen molar-refractivity contribution in [1.29, 1.82) is 0 Å². The lowest BCUT2D eigenvalue weighted by molar-refractivity contribution is 0.561. The molecule has 0 aliphatic carbocycles. The van der Waals surface area contributed by atoms with Gasteiger partial charge in [0.2, 0.25) is 0 Å². The first kappa shape index (κ1) is 15.1. The molecule has 0 spiro atoms. The third-order valence-electron chi connectivity index (χ3n) is 3.53. The van der Waals surface area contributed by atoms with E-state index in [0.717, 1.165) is 40.8 Å². The Morgan fingerprint density at radius 2 is 2.05 bits per heavy atom. The molecule has 0 saturated carbocycles. The molecule has 0 saturated heterocycles. The molecule has 2 rings (SSSR count). The molecule has 20 heavy (non-hydrogen) atoms. The van der Waals surface area contributed by atoms with Gasteiger partial charge in [0.1, 0.15) is 0 Å². The summed E-state index contributed by atoms with van der Waals surface area (Å²) in [6.45, 7) is 6.88. The molecule has 0 fully saturated rings. The summed E-state index contributed by atoms with van der Waals surface area (Å²) < 4.78 is 3.78. The van der Waals surface area contributed by atoms with Crippen LogP contribution >= 0.6 is 11.6 Å². The first-order valence-electron chi connectivity index (χ1n) is 6.98. The van der Waals surface area contributed by atoms with E-state index < -0.39 is 0 Å². The van der Waals surface area contributed by atoms with Crippen molar-refractivity contribution in [3.8, 4) is 0 Å². The van der Waals surface area contributed by atoms with Crippen LogP contribution in [0.5, 0.6) is 0 Å². The SMILES string of the molecule is CCc1nn(CC)c(CC(N)c2cc(C)nn2C)c1Cl. The molecule has 2 aromatic heterocycles. The lowest BCUT2D eigenvalue weighted by atomic mass is 10.1. The molecule has 0 bridgehead atoms. The Balaban J connectivity index is 2.29. The van der Waals surface area contributed by atoms with E-state index in [9.17, 15) is 0 Å². The summed E-state index contributed by atoms with van der Waals surface area (Å²) in [7, 11) is 1.92. The van der Waals surface area contributed by atoms with Crippen LogP contribution in [0.3, 0.4) is 0 Å².